The van der Waals surface area contributed by atoms with E-state index < -0.39 is 22.7 Å². The average Bonchev–Trinajstić information content (AvgIpc) is 3.29. The van der Waals surface area contributed by atoms with Gasteiger partial charge in [0.15, 0.2) is 5.78 Å². The highest BCUT2D eigenvalue weighted by Gasteiger charge is 2.78. The molecule has 1 saturated carbocycles. The van der Waals surface area contributed by atoms with Crippen LogP contribution in [0.1, 0.15) is 25.0 Å². The number of carbonyl (C=O) groups is 3. The largest absolute Gasteiger partial charge is 0.298 e. The lowest BCUT2D eigenvalue weighted by Crippen LogP contribution is -2.40. The zero-order valence-electron chi connectivity index (χ0n) is 18.8. The van der Waals surface area contributed by atoms with Gasteiger partial charge in [0.25, 0.3) is 0 Å². The summed E-state index contributed by atoms with van der Waals surface area (Å²) in [6.45, 7) is 3.70. The molecule has 3 aliphatic rings. The molecule has 2 aliphatic carbocycles. The Morgan fingerprint density at radius 3 is 1.59 bits per heavy atom. The molecule has 3 aromatic carbocycles. The first-order valence-electron chi connectivity index (χ1n) is 11.4. The number of nitrogens with zero attached hydrogens (tertiary/aromatic N) is 1. The number of halogens is 1. The average molecular weight is 468 g/mol. The van der Waals surface area contributed by atoms with Gasteiger partial charge in [-0.1, -0.05) is 78.3 Å². The number of fused-ring (bicyclic) bond motifs is 5. The van der Waals surface area contributed by atoms with Crippen LogP contribution < -0.4 is 4.90 Å². The monoisotopic (exact) mass is 467 g/mol. The van der Waals surface area contributed by atoms with Gasteiger partial charge in [-0.25, -0.2) is 4.90 Å². The fourth-order valence-electron chi connectivity index (χ4n) is 6.68. The van der Waals surface area contributed by atoms with Crippen molar-refractivity contribution < 1.29 is 14.4 Å². The van der Waals surface area contributed by atoms with Gasteiger partial charge in [-0.05, 0) is 54.3 Å². The molecule has 4 nitrogen and oxygen atoms in total. The molecule has 0 unspecified atom stereocenters. The second-order valence-electron chi connectivity index (χ2n) is 9.66. The Bertz CT molecular complexity index is 1330. The summed E-state index contributed by atoms with van der Waals surface area (Å²) in [5.41, 5.74) is 1.71. The highest BCUT2D eigenvalue weighted by molar-refractivity contribution is 6.35. The van der Waals surface area contributed by atoms with E-state index in [-0.39, 0.29) is 17.6 Å². The van der Waals surface area contributed by atoms with E-state index in [2.05, 4.69) is 0 Å². The first-order chi connectivity index (χ1) is 16.3. The summed E-state index contributed by atoms with van der Waals surface area (Å²) >= 11 is 6.18. The smallest absolute Gasteiger partial charge is 0.239 e. The van der Waals surface area contributed by atoms with E-state index in [1.165, 1.54) is 4.90 Å². The van der Waals surface area contributed by atoms with Gasteiger partial charge >= 0.3 is 0 Å². The van der Waals surface area contributed by atoms with Crippen molar-refractivity contribution in [1.82, 2.24) is 0 Å². The lowest BCUT2D eigenvalue weighted by Gasteiger charge is -2.35. The van der Waals surface area contributed by atoms with E-state index in [1.54, 1.807) is 24.3 Å². The fourth-order valence-corrected chi connectivity index (χ4v) is 6.86. The van der Waals surface area contributed by atoms with Crippen LogP contribution in [0, 0.1) is 22.7 Å². The molecule has 0 spiro atoms. The molecule has 1 saturated heterocycles. The van der Waals surface area contributed by atoms with Crippen LogP contribution in [0.3, 0.4) is 0 Å². The molecule has 1 heterocycles. The fraction of sp³-hybridized carbons (Fsp3) is 0.207. The second kappa shape index (κ2) is 7.00. The molecule has 2 fully saturated rings. The molecular weight excluding hydrogens is 446 g/mol. The summed E-state index contributed by atoms with van der Waals surface area (Å²) in [6, 6.07) is 26.3. The van der Waals surface area contributed by atoms with Gasteiger partial charge in [-0.3, -0.25) is 14.4 Å². The summed E-state index contributed by atoms with van der Waals surface area (Å²) in [7, 11) is 0. The molecule has 2 amide bonds. The minimum Gasteiger partial charge on any atom is -0.298 e. The molecule has 168 valence electrons. The Morgan fingerprint density at radius 1 is 0.676 bits per heavy atom. The number of anilines is 1. The van der Waals surface area contributed by atoms with Crippen LogP contribution in [0.15, 0.2) is 84.9 Å². The lowest BCUT2D eigenvalue weighted by molar-refractivity contribution is -0.133. The summed E-state index contributed by atoms with van der Waals surface area (Å²) in [5.74, 6) is -2.26. The van der Waals surface area contributed by atoms with Gasteiger partial charge < -0.3 is 0 Å². The SMILES string of the molecule is C[C@]12C(=O)[C@](C)(C(c3ccccc3)=C1c1ccccc1)[C@H]1C(=O)N(c3cccc(Cl)c3)C(=O)[C@H]12. The van der Waals surface area contributed by atoms with E-state index in [0.717, 1.165) is 22.3 Å². The summed E-state index contributed by atoms with van der Waals surface area (Å²) in [5, 5.41) is 0.444. The zero-order chi connectivity index (χ0) is 23.8. The Hall–Kier alpha value is -3.50. The van der Waals surface area contributed by atoms with Crippen LogP contribution in [0.2, 0.25) is 5.02 Å². The zero-order valence-corrected chi connectivity index (χ0v) is 19.5. The van der Waals surface area contributed by atoms with Crippen molar-refractivity contribution in [3.05, 3.63) is 101 Å². The van der Waals surface area contributed by atoms with Crippen LogP contribution in [0.5, 0.6) is 0 Å². The van der Waals surface area contributed by atoms with Crippen molar-refractivity contribution in [3.8, 4) is 0 Å². The highest BCUT2D eigenvalue weighted by Crippen LogP contribution is 2.73. The predicted octanol–water partition coefficient (Wildman–Crippen LogP) is 5.67. The third kappa shape index (κ3) is 2.41. The minimum absolute atomic E-state index is 0.0554. The number of carbonyl (C=O) groups excluding carboxylic acids is 3. The van der Waals surface area contributed by atoms with Gasteiger partial charge in [0.2, 0.25) is 11.8 Å². The van der Waals surface area contributed by atoms with Crippen molar-refractivity contribution in [2.45, 2.75) is 13.8 Å². The first-order valence-corrected chi connectivity index (χ1v) is 11.7. The molecule has 6 rings (SSSR count). The number of ketones is 1. The summed E-state index contributed by atoms with van der Waals surface area (Å²) in [6.07, 6.45) is 0. The predicted molar refractivity (Wildman–Crippen MR) is 132 cm³/mol. The molecule has 3 aromatic rings. The van der Waals surface area contributed by atoms with Gasteiger partial charge in [0, 0.05) is 5.02 Å². The maximum absolute atomic E-state index is 14.2. The molecule has 1 aliphatic heterocycles. The number of hydrogen-bond donors (Lipinski definition) is 0. The number of allylic oxidation sites excluding steroid dienone is 2. The van der Waals surface area contributed by atoms with Gasteiger partial charge in [0.1, 0.15) is 0 Å². The maximum atomic E-state index is 14.2. The van der Waals surface area contributed by atoms with E-state index in [1.807, 2.05) is 74.5 Å². The summed E-state index contributed by atoms with van der Waals surface area (Å²) < 4.78 is 0. The van der Waals surface area contributed by atoms with Gasteiger partial charge in [0.05, 0.1) is 28.4 Å². The van der Waals surface area contributed by atoms with Crippen LogP contribution >= 0.6 is 11.6 Å². The maximum Gasteiger partial charge on any atom is 0.239 e. The van der Waals surface area contributed by atoms with Crippen molar-refractivity contribution in [2.75, 3.05) is 4.90 Å². The molecular formula is C29H22ClNO3. The first kappa shape index (κ1) is 21.1. The molecule has 2 bridgehead atoms. The summed E-state index contributed by atoms with van der Waals surface area (Å²) in [4.78, 5) is 43.2. The van der Waals surface area contributed by atoms with Crippen LogP contribution in [-0.4, -0.2) is 17.6 Å². The molecule has 0 radical (unpaired) electrons. The Kier molecular flexibility index (Phi) is 4.34. The number of hydrogen-bond acceptors (Lipinski definition) is 3. The number of Topliss-reactive ketones (excluding diaryl/α,β-unsaturated/α-hetero) is 1. The third-order valence-electron chi connectivity index (χ3n) is 7.97. The van der Waals surface area contributed by atoms with E-state index in [9.17, 15) is 14.4 Å². The lowest BCUT2D eigenvalue weighted by atomic mass is 9.63. The Labute approximate surface area is 202 Å². The number of rotatable bonds is 3. The molecule has 4 atom stereocenters. The number of imide groups is 1. The quantitative estimate of drug-likeness (QED) is 0.466. The molecule has 5 heteroatoms. The third-order valence-corrected chi connectivity index (χ3v) is 8.21. The van der Waals surface area contributed by atoms with Crippen LogP contribution in [-0.2, 0) is 14.4 Å². The minimum atomic E-state index is -1.12. The van der Waals surface area contributed by atoms with Crippen LogP contribution in [0.25, 0.3) is 11.1 Å². The Morgan fingerprint density at radius 2 is 1.15 bits per heavy atom. The van der Waals surface area contributed by atoms with Gasteiger partial charge in [-0.2, -0.15) is 0 Å². The standard InChI is InChI=1S/C29H22ClNO3/c1-28-21(17-10-5-3-6-11-17)22(18-12-7-4-8-13-18)29(2,27(28)34)24-23(28)25(32)31(26(24)33)20-15-9-14-19(30)16-20/h3-16,23-24H,1-2H3/t23-,24+,28-,29+. The van der Waals surface area contributed by atoms with Crippen molar-refractivity contribution >= 4 is 46.0 Å². The van der Waals surface area contributed by atoms with Gasteiger partial charge in [-0.15, -0.1) is 0 Å². The molecule has 0 aromatic heterocycles. The Balaban J connectivity index is 1.63. The topological polar surface area (TPSA) is 54.5 Å². The number of benzene rings is 3. The van der Waals surface area contributed by atoms with Crippen molar-refractivity contribution in [2.24, 2.45) is 22.7 Å². The van der Waals surface area contributed by atoms with Crippen LogP contribution in [0.4, 0.5) is 5.69 Å². The second-order valence-corrected chi connectivity index (χ2v) is 10.1. The van der Waals surface area contributed by atoms with Crippen molar-refractivity contribution in [1.29, 1.82) is 0 Å². The van der Waals surface area contributed by atoms with Crippen molar-refractivity contribution in [3.63, 3.8) is 0 Å². The molecule has 34 heavy (non-hydrogen) atoms. The van der Waals surface area contributed by atoms with E-state index >= 15 is 0 Å². The van der Waals surface area contributed by atoms with E-state index in [4.69, 9.17) is 11.6 Å². The van der Waals surface area contributed by atoms with E-state index in [0.29, 0.717) is 10.7 Å². The highest BCUT2D eigenvalue weighted by atomic mass is 35.5. The number of amides is 2. The molecule has 0 N–H and O–H groups in total. The normalized spacial score (nSPS) is 29.9.